The van der Waals surface area contributed by atoms with Crippen LogP contribution in [0.15, 0.2) is 35.3 Å². The van der Waals surface area contributed by atoms with Crippen molar-refractivity contribution in [2.24, 2.45) is 4.99 Å². The fourth-order valence-electron chi connectivity index (χ4n) is 3.78. The smallest absolute Gasteiger partial charge is 0.191 e. The largest absolute Gasteiger partial charge is 0.356 e. The molecule has 0 saturated heterocycles. The number of hydrogen-bond donors (Lipinski definition) is 2. The van der Waals surface area contributed by atoms with Gasteiger partial charge in [-0.25, -0.2) is 4.39 Å². The molecule has 1 aromatic heterocycles. The van der Waals surface area contributed by atoms with E-state index in [-0.39, 0.29) is 11.2 Å². The summed E-state index contributed by atoms with van der Waals surface area (Å²) in [5.41, 5.74) is 3.56. The van der Waals surface area contributed by atoms with Crippen LogP contribution >= 0.6 is 0 Å². The Morgan fingerprint density at radius 1 is 1.22 bits per heavy atom. The summed E-state index contributed by atoms with van der Waals surface area (Å²) in [5, 5.41) is 11.3. The maximum Gasteiger partial charge on any atom is 0.191 e. The highest BCUT2D eigenvalue weighted by molar-refractivity contribution is 5.79. The molecule has 2 aromatic rings. The minimum atomic E-state index is -0.179. The van der Waals surface area contributed by atoms with E-state index in [1.54, 1.807) is 19.2 Å². The summed E-state index contributed by atoms with van der Waals surface area (Å²) < 4.78 is 15.3. The van der Waals surface area contributed by atoms with Gasteiger partial charge >= 0.3 is 0 Å². The number of halogens is 1. The van der Waals surface area contributed by atoms with Gasteiger partial charge in [-0.1, -0.05) is 18.6 Å². The molecule has 2 N–H and O–H groups in total. The lowest BCUT2D eigenvalue weighted by Gasteiger charge is -2.43. The first kappa shape index (κ1) is 19.4. The van der Waals surface area contributed by atoms with Crippen LogP contribution in [0, 0.1) is 19.7 Å². The van der Waals surface area contributed by atoms with Gasteiger partial charge in [0.1, 0.15) is 5.82 Å². The van der Waals surface area contributed by atoms with Gasteiger partial charge in [-0.3, -0.25) is 9.67 Å². The van der Waals surface area contributed by atoms with Crippen molar-refractivity contribution in [2.75, 3.05) is 20.1 Å². The van der Waals surface area contributed by atoms with Crippen molar-refractivity contribution < 1.29 is 4.39 Å². The molecule has 146 valence electrons. The third kappa shape index (κ3) is 4.67. The molecule has 0 aliphatic heterocycles. The van der Waals surface area contributed by atoms with Crippen molar-refractivity contribution in [2.45, 2.75) is 51.5 Å². The van der Waals surface area contributed by atoms with Gasteiger partial charge in [-0.2, -0.15) is 5.10 Å². The number of rotatable bonds is 7. The van der Waals surface area contributed by atoms with E-state index >= 15 is 0 Å². The second-order valence-corrected chi connectivity index (χ2v) is 7.50. The highest BCUT2D eigenvalue weighted by atomic mass is 19.1. The molecule has 0 amide bonds. The first-order valence-electron chi connectivity index (χ1n) is 9.74. The van der Waals surface area contributed by atoms with E-state index in [0.717, 1.165) is 50.6 Å². The zero-order valence-electron chi connectivity index (χ0n) is 16.6. The molecule has 1 fully saturated rings. The second-order valence-electron chi connectivity index (χ2n) is 7.50. The van der Waals surface area contributed by atoms with Crippen LogP contribution in [-0.2, 0) is 12.0 Å². The molecule has 0 bridgehead atoms. The van der Waals surface area contributed by atoms with Crippen molar-refractivity contribution in [3.8, 4) is 0 Å². The molecule has 0 unspecified atom stereocenters. The number of nitrogens with one attached hydrogen (secondary N) is 2. The highest BCUT2D eigenvalue weighted by Crippen LogP contribution is 2.43. The molecule has 1 aliphatic rings. The summed E-state index contributed by atoms with van der Waals surface area (Å²) >= 11 is 0. The molecule has 1 aliphatic carbocycles. The van der Waals surface area contributed by atoms with Crippen LogP contribution in [0.1, 0.15) is 42.6 Å². The predicted molar refractivity (Wildman–Crippen MR) is 108 cm³/mol. The van der Waals surface area contributed by atoms with Gasteiger partial charge in [0, 0.05) is 37.8 Å². The van der Waals surface area contributed by atoms with Gasteiger partial charge < -0.3 is 10.6 Å². The number of nitrogens with zero attached hydrogens (tertiary/aromatic N) is 3. The number of hydrogen-bond acceptors (Lipinski definition) is 2. The molecule has 5 nitrogen and oxygen atoms in total. The fraction of sp³-hybridized carbons (Fsp3) is 0.524. The lowest BCUT2D eigenvalue weighted by molar-refractivity contribution is 0.243. The Morgan fingerprint density at radius 2 is 1.96 bits per heavy atom. The Balaban J connectivity index is 1.47. The molecular formula is C21H30FN5. The van der Waals surface area contributed by atoms with E-state index in [4.69, 9.17) is 0 Å². The summed E-state index contributed by atoms with van der Waals surface area (Å²) in [4.78, 5) is 4.34. The predicted octanol–water partition coefficient (Wildman–Crippen LogP) is 3.32. The van der Waals surface area contributed by atoms with E-state index in [2.05, 4.69) is 33.7 Å². The maximum atomic E-state index is 13.2. The fourth-order valence-corrected chi connectivity index (χ4v) is 3.78. The van der Waals surface area contributed by atoms with E-state index in [1.165, 1.54) is 17.7 Å². The minimum absolute atomic E-state index is 0.0923. The normalized spacial score (nSPS) is 16.1. The third-order valence-electron chi connectivity index (χ3n) is 5.53. The first-order chi connectivity index (χ1) is 13.0. The molecule has 6 heteroatoms. The van der Waals surface area contributed by atoms with Gasteiger partial charge in [0.2, 0.25) is 0 Å². The van der Waals surface area contributed by atoms with Gasteiger partial charge in [-0.15, -0.1) is 0 Å². The molecule has 0 spiro atoms. The Kier molecular flexibility index (Phi) is 6.14. The maximum absolute atomic E-state index is 13.2. The van der Waals surface area contributed by atoms with E-state index in [1.807, 2.05) is 23.7 Å². The lowest BCUT2D eigenvalue weighted by atomic mass is 9.64. The molecule has 0 atom stereocenters. The number of aryl methyl sites for hydroxylation is 3. The van der Waals surface area contributed by atoms with Crippen molar-refractivity contribution in [3.63, 3.8) is 0 Å². The number of benzene rings is 1. The summed E-state index contributed by atoms with van der Waals surface area (Å²) in [6.45, 7) is 6.65. The SMILES string of the molecule is CN=C(NCCCn1nc(C)cc1C)NCC1(c2ccc(F)cc2)CCC1. The van der Waals surface area contributed by atoms with Crippen LogP contribution < -0.4 is 10.6 Å². The zero-order chi connectivity index (χ0) is 19.3. The van der Waals surface area contributed by atoms with E-state index in [9.17, 15) is 4.39 Å². The van der Waals surface area contributed by atoms with Crippen LogP contribution in [0.3, 0.4) is 0 Å². The molecule has 0 radical (unpaired) electrons. The van der Waals surface area contributed by atoms with Crippen molar-refractivity contribution in [3.05, 3.63) is 53.1 Å². The van der Waals surface area contributed by atoms with Gasteiger partial charge in [0.15, 0.2) is 5.96 Å². The Hall–Kier alpha value is -2.37. The van der Waals surface area contributed by atoms with E-state index < -0.39 is 0 Å². The standard InChI is InChI=1S/C21H30FN5/c1-16-14-17(2)27(26-16)13-5-12-24-20(23-3)25-15-21(10-4-11-21)18-6-8-19(22)9-7-18/h6-9,14H,4-5,10-13,15H2,1-3H3,(H2,23,24,25). The van der Waals surface area contributed by atoms with E-state index in [0.29, 0.717) is 0 Å². The number of aromatic nitrogens is 2. The van der Waals surface area contributed by atoms with Crippen molar-refractivity contribution in [1.29, 1.82) is 0 Å². The van der Waals surface area contributed by atoms with Crippen LogP contribution in [-0.4, -0.2) is 35.9 Å². The minimum Gasteiger partial charge on any atom is -0.356 e. The quantitative estimate of drug-likeness (QED) is 0.446. The number of aliphatic imine (C=N–C) groups is 1. The molecular weight excluding hydrogens is 341 g/mol. The Bertz CT molecular complexity index is 774. The molecule has 27 heavy (non-hydrogen) atoms. The van der Waals surface area contributed by atoms with Crippen molar-refractivity contribution >= 4 is 5.96 Å². The first-order valence-corrected chi connectivity index (χ1v) is 9.74. The molecule has 1 saturated carbocycles. The number of guanidine groups is 1. The monoisotopic (exact) mass is 371 g/mol. The van der Waals surface area contributed by atoms with Crippen LogP contribution in [0.2, 0.25) is 0 Å². The average Bonchev–Trinajstić information content (AvgIpc) is 2.94. The Morgan fingerprint density at radius 3 is 2.52 bits per heavy atom. The Labute approximate surface area is 161 Å². The average molecular weight is 372 g/mol. The summed E-state index contributed by atoms with van der Waals surface area (Å²) in [7, 11) is 1.79. The van der Waals surface area contributed by atoms with Crippen LogP contribution in [0.5, 0.6) is 0 Å². The third-order valence-corrected chi connectivity index (χ3v) is 5.53. The van der Waals surface area contributed by atoms with Gasteiger partial charge in [-0.05, 0) is 56.9 Å². The topological polar surface area (TPSA) is 54.2 Å². The van der Waals surface area contributed by atoms with Gasteiger partial charge in [0.25, 0.3) is 0 Å². The summed E-state index contributed by atoms with van der Waals surface area (Å²) in [5.74, 6) is 0.637. The molecule has 1 aromatic carbocycles. The molecule has 1 heterocycles. The van der Waals surface area contributed by atoms with Crippen LogP contribution in [0.25, 0.3) is 0 Å². The second kappa shape index (κ2) is 8.55. The van der Waals surface area contributed by atoms with Crippen molar-refractivity contribution in [1.82, 2.24) is 20.4 Å². The van der Waals surface area contributed by atoms with Crippen LogP contribution in [0.4, 0.5) is 4.39 Å². The molecule has 3 rings (SSSR count). The summed E-state index contributed by atoms with van der Waals surface area (Å²) in [6.07, 6.45) is 4.45. The van der Waals surface area contributed by atoms with Gasteiger partial charge in [0.05, 0.1) is 5.69 Å². The zero-order valence-corrected chi connectivity index (χ0v) is 16.6. The lowest BCUT2D eigenvalue weighted by Crippen LogP contribution is -2.49. The highest BCUT2D eigenvalue weighted by Gasteiger charge is 2.38. The summed E-state index contributed by atoms with van der Waals surface area (Å²) in [6, 6.07) is 9.05.